The molecular weight excluding hydrogens is 180 g/mol. The van der Waals surface area contributed by atoms with Crippen molar-refractivity contribution in [3.8, 4) is 0 Å². The first-order valence-electron chi connectivity index (χ1n) is 4.34. The third-order valence-electron chi connectivity index (χ3n) is 2.15. The number of methoxy groups -OCH3 is 2. The van der Waals surface area contributed by atoms with Crippen LogP contribution in [0.1, 0.15) is 6.42 Å². The van der Waals surface area contributed by atoms with Gasteiger partial charge in [-0.05, 0) is 24.1 Å². The zero-order valence-corrected chi connectivity index (χ0v) is 8.45. The van der Waals surface area contributed by atoms with E-state index in [0.29, 0.717) is 6.42 Å². The first-order chi connectivity index (χ1) is 6.68. The second kappa shape index (κ2) is 4.35. The predicted molar refractivity (Wildman–Crippen MR) is 53.8 cm³/mol. The molecule has 0 aromatic heterocycles. The summed E-state index contributed by atoms with van der Waals surface area (Å²) >= 11 is 0. The Morgan fingerprint density at radius 2 is 2.07 bits per heavy atom. The van der Waals surface area contributed by atoms with Gasteiger partial charge < -0.3 is 9.47 Å². The summed E-state index contributed by atoms with van der Waals surface area (Å²) in [5, 5.41) is 0. The van der Waals surface area contributed by atoms with Crippen molar-refractivity contribution < 1.29 is 14.3 Å². The molecule has 76 valence electrons. The average Bonchev–Trinajstić information content (AvgIpc) is 2.22. The lowest BCUT2D eigenvalue weighted by atomic mass is 9.98. The second-order valence-corrected chi connectivity index (χ2v) is 2.99. The van der Waals surface area contributed by atoms with Gasteiger partial charge in [-0.25, -0.2) is 0 Å². The van der Waals surface area contributed by atoms with Gasteiger partial charge >= 0.3 is 0 Å². The van der Waals surface area contributed by atoms with Crippen LogP contribution in [0.3, 0.4) is 0 Å². The lowest BCUT2D eigenvalue weighted by Gasteiger charge is -2.27. The predicted octanol–water partition coefficient (Wildman–Crippen LogP) is 1.62. The first-order valence-corrected chi connectivity index (χ1v) is 4.34. The summed E-state index contributed by atoms with van der Waals surface area (Å²) in [6.45, 7) is 3.63. The number of allylic oxidation sites excluding steroid dienone is 3. The van der Waals surface area contributed by atoms with Crippen molar-refractivity contribution in [1.82, 2.24) is 0 Å². The van der Waals surface area contributed by atoms with Crippen molar-refractivity contribution in [2.45, 2.75) is 12.2 Å². The lowest BCUT2D eigenvalue weighted by molar-refractivity contribution is -0.181. The highest BCUT2D eigenvalue weighted by atomic mass is 16.7. The molecule has 0 fully saturated rings. The largest absolute Gasteiger partial charge is 0.344 e. The Bertz CT molecular complexity index is 296. The number of carbonyl (C=O) groups excluding carboxylic acids is 1. The minimum absolute atomic E-state index is 0.199. The fraction of sp³-hybridized carbons (Fsp3) is 0.364. The highest BCUT2D eigenvalue weighted by Crippen LogP contribution is 2.24. The van der Waals surface area contributed by atoms with E-state index in [-0.39, 0.29) is 5.78 Å². The minimum atomic E-state index is -1.24. The summed E-state index contributed by atoms with van der Waals surface area (Å²) in [5.74, 6) is -1.44. The van der Waals surface area contributed by atoms with Crippen molar-refractivity contribution in [2.24, 2.45) is 0 Å². The van der Waals surface area contributed by atoms with Gasteiger partial charge in [0.15, 0.2) is 0 Å². The Hall–Kier alpha value is -1.19. The third kappa shape index (κ3) is 1.84. The van der Waals surface area contributed by atoms with Crippen LogP contribution in [0, 0.1) is 0 Å². The summed E-state index contributed by atoms with van der Waals surface area (Å²) < 4.78 is 10.2. The van der Waals surface area contributed by atoms with Gasteiger partial charge in [-0.2, -0.15) is 0 Å². The highest BCUT2D eigenvalue weighted by Gasteiger charge is 2.36. The van der Waals surface area contributed by atoms with Crippen LogP contribution in [0.2, 0.25) is 0 Å². The third-order valence-corrected chi connectivity index (χ3v) is 2.15. The number of carbonyl (C=O) groups is 1. The van der Waals surface area contributed by atoms with Crippen LogP contribution in [-0.4, -0.2) is 25.8 Å². The Morgan fingerprint density at radius 1 is 1.43 bits per heavy atom. The molecule has 0 bridgehead atoms. The topological polar surface area (TPSA) is 35.5 Å². The molecule has 0 aromatic rings. The monoisotopic (exact) mass is 194 g/mol. The molecule has 1 aliphatic carbocycles. The maximum absolute atomic E-state index is 11.5. The van der Waals surface area contributed by atoms with Crippen molar-refractivity contribution >= 4 is 5.78 Å². The molecule has 0 N–H and O–H groups in total. The quantitative estimate of drug-likeness (QED) is 0.504. The Labute approximate surface area is 83.7 Å². The summed E-state index contributed by atoms with van der Waals surface area (Å²) in [4.78, 5) is 11.5. The maximum atomic E-state index is 11.5. The van der Waals surface area contributed by atoms with Crippen LogP contribution in [0.15, 0.2) is 36.5 Å². The second-order valence-electron chi connectivity index (χ2n) is 2.99. The summed E-state index contributed by atoms with van der Waals surface area (Å²) in [7, 11) is 2.89. The van der Waals surface area contributed by atoms with Crippen LogP contribution in [0.25, 0.3) is 0 Å². The summed E-state index contributed by atoms with van der Waals surface area (Å²) in [6, 6.07) is 0. The molecule has 0 heterocycles. The van der Waals surface area contributed by atoms with Crippen LogP contribution < -0.4 is 0 Å². The van der Waals surface area contributed by atoms with Crippen LogP contribution in [0.4, 0.5) is 0 Å². The molecule has 3 nitrogen and oxygen atoms in total. The Balaban J connectivity index is 2.99. The molecule has 0 aromatic carbocycles. The van der Waals surface area contributed by atoms with E-state index in [1.165, 1.54) is 20.3 Å². The Kier molecular flexibility index (Phi) is 3.38. The SMILES string of the molecule is C=CCC1=CC(OC)(OC)C(=O)C=C1. The van der Waals surface area contributed by atoms with E-state index in [4.69, 9.17) is 9.47 Å². The fourth-order valence-electron chi connectivity index (χ4n) is 1.36. The molecular formula is C11H14O3. The normalized spacial score (nSPS) is 19.3. The smallest absolute Gasteiger partial charge is 0.253 e. The van der Waals surface area contributed by atoms with E-state index < -0.39 is 5.79 Å². The van der Waals surface area contributed by atoms with Gasteiger partial charge in [0.25, 0.3) is 5.79 Å². The molecule has 3 heteroatoms. The van der Waals surface area contributed by atoms with Crippen LogP contribution >= 0.6 is 0 Å². The molecule has 0 unspecified atom stereocenters. The number of hydrogen-bond donors (Lipinski definition) is 0. The van der Waals surface area contributed by atoms with Gasteiger partial charge in [0.1, 0.15) is 0 Å². The zero-order valence-electron chi connectivity index (χ0n) is 8.45. The van der Waals surface area contributed by atoms with E-state index in [2.05, 4.69) is 6.58 Å². The van der Waals surface area contributed by atoms with E-state index in [1.807, 2.05) is 0 Å². The van der Waals surface area contributed by atoms with Crippen molar-refractivity contribution in [3.63, 3.8) is 0 Å². The maximum Gasteiger partial charge on any atom is 0.253 e. The standard InChI is InChI=1S/C11H14O3/c1-4-5-9-6-7-10(12)11(8-9,13-2)14-3/h4,6-8H,1,5H2,2-3H3. The molecule has 0 saturated carbocycles. The molecule has 0 aliphatic heterocycles. The lowest BCUT2D eigenvalue weighted by Crippen LogP contribution is -2.41. The molecule has 1 rings (SSSR count). The summed E-state index contributed by atoms with van der Waals surface area (Å²) in [6.07, 6.45) is 7.35. The van der Waals surface area contributed by atoms with Gasteiger partial charge in [0.05, 0.1) is 0 Å². The van der Waals surface area contributed by atoms with Gasteiger partial charge in [-0.15, -0.1) is 6.58 Å². The highest BCUT2D eigenvalue weighted by molar-refractivity contribution is 5.99. The van der Waals surface area contributed by atoms with Gasteiger partial charge in [-0.3, -0.25) is 4.79 Å². The molecule has 0 atom stereocenters. The number of ether oxygens (including phenoxy) is 2. The van der Waals surface area contributed by atoms with Gasteiger partial charge in [0.2, 0.25) is 5.78 Å². The van der Waals surface area contributed by atoms with Crippen LogP contribution in [0.5, 0.6) is 0 Å². The van der Waals surface area contributed by atoms with Crippen LogP contribution in [-0.2, 0) is 14.3 Å². The van der Waals surface area contributed by atoms with Gasteiger partial charge in [-0.1, -0.05) is 12.2 Å². The zero-order chi connectivity index (χ0) is 10.6. The first kappa shape index (κ1) is 10.9. The van der Waals surface area contributed by atoms with Crippen molar-refractivity contribution in [2.75, 3.05) is 14.2 Å². The van der Waals surface area contributed by atoms with E-state index >= 15 is 0 Å². The molecule has 0 saturated heterocycles. The minimum Gasteiger partial charge on any atom is -0.344 e. The average molecular weight is 194 g/mol. The van der Waals surface area contributed by atoms with Crippen molar-refractivity contribution in [3.05, 3.63) is 36.5 Å². The number of rotatable bonds is 4. The molecule has 0 amide bonds. The van der Waals surface area contributed by atoms with E-state index in [1.54, 1.807) is 18.2 Å². The number of ketones is 1. The molecule has 0 spiro atoms. The Morgan fingerprint density at radius 3 is 2.57 bits per heavy atom. The van der Waals surface area contributed by atoms with Gasteiger partial charge in [0, 0.05) is 14.2 Å². The summed E-state index contributed by atoms with van der Waals surface area (Å²) in [5.41, 5.74) is 0.961. The van der Waals surface area contributed by atoms with E-state index in [0.717, 1.165) is 5.57 Å². The van der Waals surface area contributed by atoms with E-state index in [9.17, 15) is 4.79 Å². The fourth-order valence-corrected chi connectivity index (χ4v) is 1.36. The molecule has 0 radical (unpaired) electrons. The molecule has 1 aliphatic rings. The molecule has 14 heavy (non-hydrogen) atoms. The number of hydrogen-bond acceptors (Lipinski definition) is 3. The van der Waals surface area contributed by atoms with Crippen molar-refractivity contribution in [1.29, 1.82) is 0 Å².